The average Bonchev–Trinajstić information content (AvgIpc) is 3.81. The minimum absolute atomic E-state index is 0.00666. The lowest BCUT2D eigenvalue weighted by Gasteiger charge is -2.33. The Morgan fingerprint density at radius 3 is 2.14 bits per heavy atom. The monoisotopic (exact) mass is 690 g/mol. The molecule has 264 valence electrons. The minimum Gasteiger partial charge on any atom is -0.444 e. The number of hydrogen-bond acceptors (Lipinski definition) is 8. The van der Waals surface area contributed by atoms with E-state index in [9.17, 15) is 14.4 Å². The number of alkyl carbamates (subject to hydrolysis) is 1. The number of morpholine rings is 1. The van der Waals surface area contributed by atoms with Gasteiger partial charge in [-0.25, -0.2) is 9.59 Å². The lowest BCUT2D eigenvalue weighted by molar-refractivity contribution is -0.125. The average molecular weight is 691 g/mol. The van der Waals surface area contributed by atoms with Gasteiger partial charge in [0, 0.05) is 57.0 Å². The van der Waals surface area contributed by atoms with E-state index in [-0.39, 0.29) is 42.7 Å². The fraction of sp³-hybridized carbons (Fsp3) is 0.514. The number of amides is 4. The van der Waals surface area contributed by atoms with E-state index in [4.69, 9.17) is 9.47 Å². The summed E-state index contributed by atoms with van der Waals surface area (Å²) in [5.74, 6) is -0.140. The van der Waals surface area contributed by atoms with Crippen LogP contribution < -0.4 is 10.6 Å². The first-order valence-corrected chi connectivity index (χ1v) is 18.2. The van der Waals surface area contributed by atoms with Crippen molar-refractivity contribution in [3.05, 3.63) is 88.4 Å². The van der Waals surface area contributed by atoms with Gasteiger partial charge in [-0.05, 0) is 57.1 Å². The number of aromatic nitrogens is 1. The molecule has 2 saturated heterocycles. The summed E-state index contributed by atoms with van der Waals surface area (Å²) in [6.45, 7) is 7.52. The van der Waals surface area contributed by atoms with Gasteiger partial charge in [0.2, 0.25) is 5.91 Å². The Morgan fingerprint density at radius 2 is 1.57 bits per heavy atom. The van der Waals surface area contributed by atoms with Crippen LogP contribution in [0.3, 0.4) is 0 Å². The van der Waals surface area contributed by atoms with E-state index in [0.717, 1.165) is 29.1 Å². The summed E-state index contributed by atoms with van der Waals surface area (Å²) in [5, 5.41) is 6.44. The van der Waals surface area contributed by atoms with Crippen LogP contribution >= 0.6 is 11.3 Å². The van der Waals surface area contributed by atoms with Gasteiger partial charge in [0.05, 0.1) is 23.6 Å². The number of ether oxygens (including phenoxy) is 2. The van der Waals surface area contributed by atoms with Gasteiger partial charge in [0.1, 0.15) is 12.6 Å². The topological polar surface area (TPSA) is 116 Å². The van der Waals surface area contributed by atoms with Crippen LogP contribution in [0.1, 0.15) is 49.1 Å². The van der Waals surface area contributed by atoms with Gasteiger partial charge < -0.3 is 29.9 Å². The molecule has 2 aliphatic heterocycles. The number of hydrogen-bond donors (Lipinski definition) is 2. The summed E-state index contributed by atoms with van der Waals surface area (Å²) in [6.07, 6.45) is 4.26. The van der Waals surface area contributed by atoms with Crippen molar-refractivity contribution in [1.29, 1.82) is 0 Å². The van der Waals surface area contributed by atoms with Crippen molar-refractivity contribution in [2.45, 2.75) is 82.8 Å². The maximum Gasteiger partial charge on any atom is 0.407 e. The van der Waals surface area contributed by atoms with Crippen LogP contribution in [0.15, 0.2) is 72.4 Å². The van der Waals surface area contributed by atoms with Gasteiger partial charge in [0.25, 0.3) is 0 Å². The number of likely N-dealkylation sites (tertiary alicyclic amines) is 1. The number of nitrogens with one attached hydrogen (secondary N) is 2. The second kappa shape index (κ2) is 18.1. The largest absolute Gasteiger partial charge is 0.444 e. The number of urea groups is 1. The molecule has 5 rings (SSSR count). The Morgan fingerprint density at radius 1 is 0.959 bits per heavy atom. The first kappa shape index (κ1) is 36.3. The van der Waals surface area contributed by atoms with E-state index in [1.54, 1.807) is 28.6 Å². The second-order valence-corrected chi connectivity index (χ2v) is 14.2. The molecular weight excluding hydrogens is 641 g/mol. The molecule has 4 amide bonds. The van der Waals surface area contributed by atoms with E-state index in [1.807, 2.05) is 62.4 Å². The molecule has 12 heteroatoms. The predicted octanol–water partition coefficient (Wildman–Crippen LogP) is 4.72. The number of carbonyl (C=O) groups is 3. The maximum absolute atomic E-state index is 14.2. The highest BCUT2D eigenvalue weighted by Crippen LogP contribution is 2.26. The Kier molecular flexibility index (Phi) is 13.4. The molecule has 0 bridgehead atoms. The van der Waals surface area contributed by atoms with Gasteiger partial charge >= 0.3 is 12.1 Å². The van der Waals surface area contributed by atoms with Crippen LogP contribution in [0.4, 0.5) is 9.59 Å². The Labute approximate surface area is 294 Å². The van der Waals surface area contributed by atoms with Crippen LogP contribution in [0.25, 0.3) is 0 Å². The molecule has 2 fully saturated rings. The standard InChI is InChI=1S/C37H50N6O5S/c1-27(2)41(3)37(46)43-24-32(42-16-18-47-19-17-42)22-34(43)35(44)39-30(20-28-10-6-4-7-11-28)14-15-31(21-29-12-8-5-9-13-29)40-36(45)48-25-33-23-38-26-49-33/h4-13,23,26-27,30-32,34H,14-22,24-25H2,1-3H3,(H,39,44)(H,40,45). The maximum atomic E-state index is 14.2. The van der Waals surface area contributed by atoms with E-state index in [1.165, 1.54) is 11.3 Å². The van der Waals surface area contributed by atoms with E-state index < -0.39 is 12.1 Å². The minimum atomic E-state index is -0.584. The summed E-state index contributed by atoms with van der Waals surface area (Å²) in [4.78, 5) is 51.6. The third-order valence-electron chi connectivity index (χ3n) is 9.48. The van der Waals surface area contributed by atoms with Crippen molar-refractivity contribution in [1.82, 2.24) is 30.3 Å². The zero-order chi connectivity index (χ0) is 34.6. The van der Waals surface area contributed by atoms with Crippen LogP contribution in [0.2, 0.25) is 0 Å². The van der Waals surface area contributed by atoms with Crippen LogP contribution in [-0.4, -0.2) is 108 Å². The van der Waals surface area contributed by atoms with Crippen molar-refractivity contribution in [3.8, 4) is 0 Å². The van der Waals surface area contributed by atoms with E-state index in [2.05, 4.69) is 32.7 Å². The number of rotatable bonds is 14. The number of nitrogens with zero attached hydrogens (tertiary/aromatic N) is 4. The normalized spacial score (nSPS) is 19.3. The van der Waals surface area contributed by atoms with Crippen LogP contribution in [0, 0.1) is 0 Å². The van der Waals surface area contributed by atoms with Crippen molar-refractivity contribution in [2.24, 2.45) is 0 Å². The molecular formula is C37H50N6O5S. The lowest BCUT2D eigenvalue weighted by atomic mass is 9.95. The number of carbonyl (C=O) groups excluding carboxylic acids is 3. The zero-order valence-corrected chi connectivity index (χ0v) is 29.6. The van der Waals surface area contributed by atoms with E-state index >= 15 is 0 Å². The van der Waals surface area contributed by atoms with Crippen molar-refractivity contribution in [2.75, 3.05) is 39.9 Å². The van der Waals surface area contributed by atoms with Crippen molar-refractivity contribution in [3.63, 3.8) is 0 Å². The SMILES string of the molecule is CC(C)N(C)C(=O)N1CC(N2CCOCC2)CC1C(=O)NC(CCC(Cc1ccccc1)NC(=O)OCc1cncs1)Cc1ccccc1. The highest BCUT2D eigenvalue weighted by molar-refractivity contribution is 7.09. The molecule has 2 aromatic carbocycles. The highest BCUT2D eigenvalue weighted by atomic mass is 32.1. The van der Waals surface area contributed by atoms with Gasteiger partial charge in [-0.15, -0.1) is 11.3 Å². The third-order valence-corrected chi connectivity index (χ3v) is 10.2. The Bertz CT molecular complexity index is 1450. The molecule has 2 N–H and O–H groups in total. The fourth-order valence-electron chi connectivity index (χ4n) is 6.51. The summed E-state index contributed by atoms with van der Waals surface area (Å²) >= 11 is 1.44. The van der Waals surface area contributed by atoms with Crippen molar-refractivity contribution >= 4 is 29.4 Å². The smallest absolute Gasteiger partial charge is 0.407 e. The van der Waals surface area contributed by atoms with Crippen molar-refractivity contribution < 1.29 is 23.9 Å². The highest BCUT2D eigenvalue weighted by Gasteiger charge is 2.43. The molecule has 2 aliphatic rings. The number of benzene rings is 2. The van der Waals surface area contributed by atoms with E-state index in [0.29, 0.717) is 51.9 Å². The summed E-state index contributed by atoms with van der Waals surface area (Å²) in [7, 11) is 1.80. The molecule has 4 unspecified atom stereocenters. The van der Waals surface area contributed by atoms with Gasteiger partial charge in [-0.1, -0.05) is 60.7 Å². The zero-order valence-electron chi connectivity index (χ0n) is 28.8. The third kappa shape index (κ3) is 10.7. The number of thiazole rings is 1. The second-order valence-electron chi connectivity index (χ2n) is 13.2. The first-order chi connectivity index (χ1) is 23.8. The summed E-state index contributed by atoms with van der Waals surface area (Å²) in [5.41, 5.74) is 3.92. The molecule has 4 atom stereocenters. The molecule has 3 heterocycles. The quantitative estimate of drug-likeness (QED) is 0.252. The van der Waals surface area contributed by atoms with Gasteiger partial charge in [0.15, 0.2) is 0 Å². The van der Waals surface area contributed by atoms with Crippen LogP contribution in [-0.2, 0) is 33.7 Å². The molecule has 49 heavy (non-hydrogen) atoms. The fourth-order valence-corrected chi connectivity index (χ4v) is 7.02. The molecule has 1 aromatic heterocycles. The predicted molar refractivity (Wildman–Crippen MR) is 190 cm³/mol. The molecule has 0 spiro atoms. The molecule has 0 radical (unpaired) electrons. The molecule has 0 saturated carbocycles. The molecule has 3 aromatic rings. The van der Waals surface area contributed by atoms with Crippen LogP contribution in [0.5, 0.6) is 0 Å². The molecule has 0 aliphatic carbocycles. The van der Waals surface area contributed by atoms with Gasteiger partial charge in [-0.2, -0.15) is 0 Å². The lowest BCUT2D eigenvalue weighted by Crippen LogP contribution is -2.53. The first-order valence-electron chi connectivity index (χ1n) is 17.3. The Balaban J connectivity index is 1.30. The summed E-state index contributed by atoms with van der Waals surface area (Å²) < 4.78 is 11.1. The van der Waals surface area contributed by atoms with Gasteiger partial charge in [-0.3, -0.25) is 14.7 Å². The summed E-state index contributed by atoms with van der Waals surface area (Å²) in [6, 6.07) is 19.1. The molecule has 11 nitrogen and oxygen atoms in total. The Hall–Kier alpha value is -4.00.